The van der Waals surface area contributed by atoms with E-state index in [0.29, 0.717) is 30.0 Å². The molecule has 2 aromatic rings. The summed E-state index contributed by atoms with van der Waals surface area (Å²) < 4.78 is 5.34. The van der Waals surface area contributed by atoms with Gasteiger partial charge in [0.15, 0.2) is 5.78 Å². The zero-order valence-corrected chi connectivity index (χ0v) is 10.8. The molecule has 0 bridgehead atoms. The number of pyridine rings is 1. The molecule has 0 spiro atoms. The van der Waals surface area contributed by atoms with E-state index in [9.17, 15) is 4.79 Å². The van der Waals surface area contributed by atoms with Crippen molar-refractivity contribution < 1.29 is 9.53 Å². The predicted octanol–water partition coefficient (Wildman–Crippen LogP) is 2.17. The molecule has 0 aliphatic rings. The maximum absolute atomic E-state index is 12.3. The highest BCUT2D eigenvalue weighted by molar-refractivity contribution is 6.08. The van der Waals surface area contributed by atoms with Crippen LogP contribution >= 0.6 is 0 Å². The van der Waals surface area contributed by atoms with Gasteiger partial charge in [-0.15, -0.1) is 0 Å². The van der Waals surface area contributed by atoms with Gasteiger partial charge in [0.2, 0.25) is 0 Å². The van der Waals surface area contributed by atoms with Crippen LogP contribution in [-0.4, -0.2) is 17.4 Å². The molecule has 1 aromatic carbocycles. The summed E-state index contributed by atoms with van der Waals surface area (Å²) in [6, 6.07) is 8.96. The van der Waals surface area contributed by atoms with E-state index in [-0.39, 0.29) is 5.78 Å². The maximum Gasteiger partial charge on any atom is 0.194 e. The number of rotatable bonds is 5. The number of aromatic nitrogens is 1. The molecule has 0 amide bonds. The number of ketones is 1. The van der Waals surface area contributed by atoms with Gasteiger partial charge in [-0.1, -0.05) is 24.3 Å². The van der Waals surface area contributed by atoms with E-state index in [1.807, 2.05) is 19.1 Å². The highest BCUT2D eigenvalue weighted by atomic mass is 16.5. The van der Waals surface area contributed by atoms with Crippen LogP contribution in [0.2, 0.25) is 0 Å². The Balaban J connectivity index is 2.24. The van der Waals surface area contributed by atoms with Crippen molar-refractivity contribution in [3.63, 3.8) is 0 Å². The lowest BCUT2D eigenvalue weighted by Gasteiger charge is -2.05. The van der Waals surface area contributed by atoms with Gasteiger partial charge in [-0.25, -0.2) is 0 Å². The molecule has 0 saturated carbocycles. The lowest BCUT2D eigenvalue weighted by atomic mass is 10.0. The van der Waals surface area contributed by atoms with E-state index in [1.165, 1.54) is 0 Å². The average Bonchev–Trinajstić information content (AvgIpc) is 2.47. The minimum absolute atomic E-state index is 0.0716. The Morgan fingerprint density at radius 2 is 1.95 bits per heavy atom. The van der Waals surface area contributed by atoms with E-state index in [0.717, 1.165) is 5.56 Å². The van der Waals surface area contributed by atoms with E-state index in [2.05, 4.69) is 4.98 Å². The van der Waals surface area contributed by atoms with Crippen LogP contribution in [0.4, 0.5) is 0 Å². The Bertz CT molecular complexity index is 565. The SMILES string of the molecule is CCOc1cncc(C(=O)c2ccc(CN)cc2)c1. The Kier molecular flexibility index (Phi) is 4.26. The van der Waals surface area contributed by atoms with Crippen molar-refractivity contribution in [2.24, 2.45) is 5.73 Å². The quantitative estimate of drug-likeness (QED) is 0.833. The third-order valence-corrected chi connectivity index (χ3v) is 2.74. The van der Waals surface area contributed by atoms with E-state index >= 15 is 0 Å². The molecule has 1 aromatic heterocycles. The summed E-state index contributed by atoms with van der Waals surface area (Å²) in [6.45, 7) is 2.90. The molecule has 0 aliphatic heterocycles. The second-order valence-corrected chi connectivity index (χ2v) is 4.07. The van der Waals surface area contributed by atoms with Crippen molar-refractivity contribution in [1.29, 1.82) is 0 Å². The van der Waals surface area contributed by atoms with Crippen molar-refractivity contribution in [2.45, 2.75) is 13.5 Å². The Hall–Kier alpha value is -2.20. The van der Waals surface area contributed by atoms with Gasteiger partial charge in [0, 0.05) is 23.9 Å². The zero-order chi connectivity index (χ0) is 13.7. The largest absolute Gasteiger partial charge is 0.492 e. The van der Waals surface area contributed by atoms with Crippen LogP contribution in [0.15, 0.2) is 42.7 Å². The fourth-order valence-electron chi connectivity index (χ4n) is 1.75. The highest BCUT2D eigenvalue weighted by Crippen LogP contribution is 2.15. The molecule has 0 unspecified atom stereocenters. The van der Waals surface area contributed by atoms with Crippen LogP contribution in [-0.2, 0) is 6.54 Å². The fourth-order valence-corrected chi connectivity index (χ4v) is 1.75. The van der Waals surface area contributed by atoms with Gasteiger partial charge in [0.05, 0.1) is 12.8 Å². The van der Waals surface area contributed by atoms with Crippen molar-refractivity contribution in [2.75, 3.05) is 6.61 Å². The van der Waals surface area contributed by atoms with Crippen LogP contribution in [0, 0.1) is 0 Å². The average molecular weight is 256 g/mol. The number of carbonyl (C=O) groups is 1. The molecule has 0 aliphatic carbocycles. The standard InChI is InChI=1S/C15H16N2O2/c1-2-19-14-7-13(9-17-10-14)15(18)12-5-3-11(8-16)4-6-12/h3-7,9-10H,2,8,16H2,1H3. The summed E-state index contributed by atoms with van der Waals surface area (Å²) in [5, 5.41) is 0. The molecule has 4 heteroatoms. The van der Waals surface area contributed by atoms with Crippen LogP contribution in [0.3, 0.4) is 0 Å². The molecule has 0 radical (unpaired) electrons. The van der Waals surface area contributed by atoms with Gasteiger partial charge < -0.3 is 10.5 Å². The molecular formula is C15H16N2O2. The Morgan fingerprint density at radius 1 is 1.21 bits per heavy atom. The number of benzene rings is 1. The minimum atomic E-state index is -0.0716. The second-order valence-electron chi connectivity index (χ2n) is 4.07. The van der Waals surface area contributed by atoms with Crippen LogP contribution in [0.5, 0.6) is 5.75 Å². The van der Waals surface area contributed by atoms with Crippen molar-refractivity contribution in [1.82, 2.24) is 4.98 Å². The van der Waals surface area contributed by atoms with E-state index in [4.69, 9.17) is 10.5 Å². The molecule has 19 heavy (non-hydrogen) atoms. The summed E-state index contributed by atoms with van der Waals surface area (Å²) in [5.74, 6) is 0.532. The number of hydrogen-bond acceptors (Lipinski definition) is 4. The number of carbonyl (C=O) groups excluding carboxylic acids is 1. The van der Waals surface area contributed by atoms with Gasteiger partial charge in [-0.2, -0.15) is 0 Å². The first kappa shape index (κ1) is 13.2. The second kappa shape index (κ2) is 6.11. The number of nitrogens with zero attached hydrogens (tertiary/aromatic N) is 1. The first-order chi connectivity index (χ1) is 9.24. The molecule has 1 heterocycles. The highest BCUT2D eigenvalue weighted by Gasteiger charge is 2.10. The number of hydrogen-bond donors (Lipinski definition) is 1. The van der Waals surface area contributed by atoms with Crippen LogP contribution in [0.1, 0.15) is 28.4 Å². The summed E-state index contributed by atoms with van der Waals surface area (Å²) in [6.07, 6.45) is 3.14. The molecular weight excluding hydrogens is 240 g/mol. The minimum Gasteiger partial charge on any atom is -0.492 e. The van der Waals surface area contributed by atoms with Gasteiger partial charge in [0.1, 0.15) is 5.75 Å². The summed E-state index contributed by atoms with van der Waals surface area (Å²) >= 11 is 0. The molecule has 0 atom stereocenters. The van der Waals surface area contributed by atoms with Crippen LogP contribution < -0.4 is 10.5 Å². The van der Waals surface area contributed by atoms with E-state index < -0.39 is 0 Å². The van der Waals surface area contributed by atoms with Crippen molar-refractivity contribution in [3.05, 3.63) is 59.4 Å². The van der Waals surface area contributed by atoms with E-state index in [1.54, 1.807) is 30.6 Å². The summed E-state index contributed by atoms with van der Waals surface area (Å²) in [7, 11) is 0. The van der Waals surface area contributed by atoms with Crippen LogP contribution in [0.25, 0.3) is 0 Å². The fraction of sp³-hybridized carbons (Fsp3) is 0.200. The predicted molar refractivity (Wildman–Crippen MR) is 73.2 cm³/mol. The first-order valence-electron chi connectivity index (χ1n) is 6.16. The Morgan fingerprint density at radius 3 is 2.58 bits per heavy atom. The van der Waals surface area contributed by atoms with Gasteiger partial charge in [0.25, 0.3) is 0 Å². The van der Waals surface area contributed by atoms with Crippen molar-refractivity contribution >= 4 is 5.78 Å². The molecule has 98 valence electrons. The monoisotopic (exact) mass is 256 g/mol. The molecule has 0 fully saturated rings. The molecule has 2 N–H and O–H groups in total. The zero-order valence-electron chi connectivity index (χ0n) is 10.8. The normalized spacial score (nSPS) is 10.2. The number of nitrogens with two attached hydrogens (primary N) is 1. The van der Waals surface area contributed by atoms with Gasteiger partial charge >= 0.3 is 0 Å². The maximum atomic E-state index is 12.3. The smallest absolute Gasteiger partial charge is 0.194 e. The molecule has 0 saturated heterocycles. The molecule has 4 nitrogen and oxygen atoms in total. The summed E-state index contributed by atoms with van der Waals surface area (Å²) in [4.78, 5) is 16.3. The Labute approximate surface area is 112 Å². The lowest BCUT2D eigenvalue weighted by Crippen LogP contribution is -2.04. The lowest BCUT2D eigenvalue weighted by molar-refractivity contribution is 0.103. The van der Waals surface area contributed by atoms with Gasteiger partial charge in [-0.05, 0) is 18.6 Å². The van der Waals surface area contributed by atoms with Crippen molar-refractivity contribution in [3.8, 4) is 5.75 Å². The van der Waals surface area contributed by atoms with Gasteiger partial charge in [-0.3, -0.25) is 9.78 Å². The third kappa shape index (κ3) is 3.17. The first-order valence-corrected chi connectivity index (χ1v) is 6.16. The number of ether oxygens (including phenoxy) is 1. The third-order valence-electron chi connectivity index (χ3n) is 2.74. The molecule has 2 rings (SSSR count). The topological polar surface area (TPSA) is 65.2 Å². The summed E-state index contributed by atoms with van der Waals surface area (Å²) in [5.41, 5.74) is 7.66.